The minimum Gasteiger partial charge on any atom is -0.382 e. The first-order chi connectivity index (χ1) is 14.8. The van der Waals surface area contributed by atoms with Gasteiger partial charge in [-0.15, -0.1) is 0 Å². The van der Waals surface area contributed by atoms with Crippen LogP contribution in [0.4, 0.5) is 5.95 Å². The van der Waals surface area contributed by atoms with Crippen molar-refractivity contribution in [1.82, 2.24) is 14.3 Å². The summed E-state index contributed by atoms with van der Waals surface area (Å²) in [5.41, 5.74) is 3.26. The Morgan fingerprint density at radius 3 is 2.65 bits per heavy atom. The van der Waals surface area contributed by atoms with Crippen LogP contribution in [0.1, 0.15) is 34.8 Å². The standard InChI is InChI=1S/C22H28N4O4S/c1-5-30-12-8-11-26-19-10-7-6-9-18(19)24-22(26)25-21(27)17-13-15(2)16(3)20(14-17)31(28,29)23-4/h6-7,9-10,13-14,23H,5,8,11-12H2,1-4H3,(H,24,25,27). The van der Waals surface area contributed by atoms with Crippen molar-refractivity contribution in [3.63, 3.8) is 0 Å². The molecule has 1 heterocycles. The second kappa shape index (κ2) is 9.59. The zero-order valence-corrected chi connectivity index (χ0v) is 19.0. The fourth-order valence-electron chi connectivity index (χ4n) is 3.39. The molecule has 0 aliphatic rings. The monoisotopic (exact) mass is 444 g/mol. The number of nitrogens with zero attached hydrogens (tertiary/aromatic N) is 2. The number of imidazole rings is 1. The van der Waals surface area contributed by atoms with Crippen molar-refractivity contribution in [3.8, 4) is 0 Å². The van der Waals surface area contributed by atoms with Gasteiger partial charge in [0.05, 0.1) is 15.9 Å². The van der Waals surface area contributed by atoms with E-state index >= 15 is 0 Å². The van der Waals surface area contributed by atoms with Gasteiger partial charge >= 0.3 is 0 Å². The summed E-state index contributed by atoms with van der Waals surface area (Å²) in [5, 5.41) is 2.86. The molecule has 0 bridgehead atoms. The number of fused-ring (bicyclic) bond motifs is 1. The molecule has 0 saturated carbocycles. The Balaban J connectivity index is 1.95. The van der Waals surface area contributed by atoms with Crippen LogP contribution in [0.3, 0.4) is 0 Å². The van der Waals surface area contributed by atoms with E-state index in [1.807, 2.05) is 35.8 Å². The third-order valence-corrected chi connectivity index (χ3v) is 6.74. The number of carbonyl (C=O) groups is 1. The fourth-order valence-corrected chi connectivity index (χ4v) is 4.45. The Kier molecular flexibility index (Phi) is 7.09. The average Bonchev–Trinajstić information content (AvgIpc) is 3.09. The topological polar surface area (TPSA) is 102 Å². The van der Waals surface area contributed by atoms with Gasteiger partial charge in [-0.3, -0.25) is 10.1 Å². The second-order valence-corrected chi connectivity index (χ2v) is 9.06. The SMILES string of the molecule is CCOCCCn1c(NC(=O)c2cc(C)c(C)c(S(=O)(=O)NC)c2)nc2ccccc21. The van der Waals surface area contributed by atoms with E-state index in [0.717, 1.165) is 17.5 Å². The first-order valence-corrected chi connectivity index (χ1v) is 11.7. The summed E-state index contributed by atoms with van der Waals surface area (Å²) in [4.78, 5) is 17.7. The number of ether oxygens (including phenoxy) is 1. The van der Waals surface area contributed by atoms with Crippen molar-refractivity contribution in [1.29, 1.82) is 0 Å². The Morgan fingerprint density at radius 2 is 1.94 bits per heavy atom. The summed E-state index contributed by atoms with van der Waals surface area (Å²) in [6.07, 6.45) is 0.769. The third-order valence-electron chi connectivity index (χ3n) is 5.19. The Bertz CT molecular complexity index is 1200. The highest BCUT2D eigenvalue weighted by Crippen LogP contribution is 2.24. The zero-order chi connectivity index (χ0) is 22.6. The lowest BCUT2D eigenvalue weighted by atomic mass is 10.1. The summed E-state index contributed by atoms with van der Waals surface area (Å²) < 4.78 is 34.4. The van der Waals surface area contributed by atoms with Crippen LogP contribution in [-0.2, 0) is 21.3 Å². The number of nitrogens with one attached hydrogen (secondary N) is 2. The van der Waals surface area contributed by atoms with Gasteiger partial charge in [0.1, 0.15) is 0 Å². The molecular formula is C22H28N4O4S. The van der Waals surface area contributed by atoms with Crippen molar-refractivity contribution in [2.24, 2.45) is 0 Å². The highest BCUT2D eigenvalue weighted by molar-refractivity contribution is 7.89. The maximum atomic E-state index is 13.0. The average molecular weight is 445 g/mol. The molecule has 0 aliphatic carbocycles. The number of aryl methyl sites for hydroxylation is 2. The largest absolute Gasteiger partial charge is 0.382 e. The van der Waals surface area contributed by atoms with Crippen LogP contribution in [0.25, 0.3) is 11.0 Å². The van der Waals surface area contributed by atoms with Gasteiger partial charge in [-0.25, -0.2) is 18.1 Å². The molecule has 1 amide bonds. The van der Waals surface area contributed by atoms with Crippen molar-refractivity contribution in [2.45, 2.75) is 38.6 Å². The number of benzene rings is 2. The molecule has 1 aromatic heterocycles. The summed E-state index contributed by atoms with van der Waals surface area (Å²) in [6.45, 7) is 7.34. The smallest absolute Gasteiger partial charge is 0.258 e. The Morgan fingerprint density at radius 1 is 1.19 bits per heavy atom. The Labute approximate surface area is 182 Å². The molecule has 2 aromatic carbocycles. The molecule has 31 heavy (non-hydrogen) atoms. The molecular weight excluding hydrogens is 416 g/mol. The van der Waals surface area contributed by atoms with Crippen LogP contribution in [0.2, 0.25) is 0 Å². The van der Waals surface area contributed by atoms with Crippen LogP contribution < -0.4 is 10.0 Å². The van der Waals surface area contributed by atoms with Gasteiger partial charge in [-0.2, -0.15) is 0 Å². The molecule has 2 N–H and O–H groups in total. The van der Waals surface area contributed by atoms with E-state index in [2.05, 4.69) is 15.0 Å². The van der Waals surface area contributed by atoms with Gasteiger partial charge in [0.2, 0.25) is 16.0 Å². The van der Waals surface area contributed by atoms with E-state index in [1.165, 1.54) is 13.1 Å². The summed E-state index contributed by atoms with van der Waals surface area (Å²) in [6, 6.07) is 10.7. The van der Waals surface area contributed by atoms with Crippen molar-refractivity contribution < 1.29 is 17.9 Å². The molecule has 0 saturated heterocycles. The van der Waals surface area contributed by atoms with Gasteiger partial charge in [0, 0.05) is 25.3 Å². The first kappa shape index (κ1) is 22.9. The second-order valence-electron chi connectivity index (χ2n) is 7.20. The highest BCUT2D eigenvalue weighted by Gasteiger charge is 2.21. The number of sulfonamides is 1. The van der Waals surface area contributed by atoms with Gasteiger partial charge in [-0.1, -0.05) is 12.1 Å². The molecule has 0 fully saturated rings. The number of hydrogen-bond donors (Lipinski definition) is 2. The Hall–Kier alpha value is -2.75. The lowest BCUT2D eigenvalue weighted by Gasteiger charge is -2.13. The normalized spacial score (nSPS) is 11.7. The minimum absolute atomic E-state index is 0.0883. The molecule has 3 rings (SSSR count). The van der Waals surface area contributed by atoms with E-state index in [9.17, 15) is 13.2 Å². The van der Waals surface area contributed by atoms with Gasteiger partial charge in [-0.05, 0) is 69.6 Å². The molecule has 0 aliphatic heterocycles. The molecule has 0 unspecified atom stereocenters. The predicted molar refractivity (Wildman–Crippen MR) is 121 cm³/mol. The number of aromatic nitrogens is 2. The molecule has 0 spiro atoms. The van der Waals surface area contributed by atoms with E-state index in [-0.39, 0.29) is 10.5 Å². The summed E-state index contributed by atoms with van der Waals surface area (Å²) in [5.74, 6) is -0.00373. The molecule has 3 aromatic rings. The van der Waals surface area contributed by atoms with Crippen LogP contribution >= 0.6 is 0 Å². The van der Waals surface area contributed by atoms with Crippen LogP contribution in [0.15, 0.2) is 41.3 Å². The lowest BCUT2D eigenvalue weighted by Crippen LogP contribution is -2.22. The van der Waals surface area contributed by atoms with Crippen LogP contribution in [0, 0.1) is 13.8 Å². The van der Waals surface area contributed by atoms with Gasteiger partial charge < -0.3 is 9.30 Å². The van der Waals surface area contributed by atoms with E-state index < -0.39 is 15.9 Å². The molecule has 8 nitrogen and oxygen atoms in total. The molecule has 0 radical (unpaired) electrons. The molecule has 166 valence electrons. The maximum Gasteiger partial charge on any atom is 0.258 e. The zero-order valence-electron chi connectivity index (χ0n) is 18.2. The number of rotatable bonds is 9. The van der Waals surface area contributed by atoms with Crippen molar-refractivity contribution >= 4 is 32.9 Å². The van der Waals surface area contributed by atoms with Crippen LogP contribution in [-0.4, -0.2) is 44.1 Å². The summed E-state index contributed by atoms with van der Waals surface area (Å²) >= 11 is 0. The van der Waals surface area contributed by atoms with E-state index in [4.69, 9.17) is 4.74 Å². The lowest BCUT2D eigenvalue weighted by molar-refractivity contribution is 0.102. The third kappa shape index (κ3) is 4.95. The molecule has 9 heteroatoms. The van der Waals surface area contributed by atoms with Crippen molar-refractivity contribution in [2.75, 3.05) is 25.6 Å². The maximum absolute atomic E-state index is 13.0. The first-order valence-electron chi connectivity index (χ1n) is 10.2. The molecule has 0 atom stereocenters. The number of amides is 1. The predicted octanol–water partition coefficient (Wildman–Crippen LogP) is 3.24. The quantitative estimate of drug-likeness (QED) is 0.493. The number of hydrogen-bond acceptors (Lipinski definition) is 5. The van der Waals surface area contributed by atoms with E-state index in [1.54, 1.807) is 19.9 Å². The highest BCUT2D eigenvalue weighted by atomic mass is 32.2. The number of para-hydroxylation sites is 2. The minimum atomic E-state index is -3.69. The summed E-state index contributed by atoms with van der Waals surface area (Å²) in [7, 11) is -2.34. The van der Waals surface area contributed by atoms with Crippen molar-refractivity contribution in [3.05, 3.63) is 53.1 Å². The fraction of sp³-hybridized carbons (Fsp3) is 0.364. The number of carbonyl (C=O) groups excluding carboxylic acids is 1. The van der Waals surface area contributed by atoms with Gasteiger partial charge in [0.15, 0.2) is 0 Å². The van der Waals surface area contributed by atoms with Gasteiger partial charge in [0.25, 0.3) is 5.91 Å². The van der Waals surface area contributed by atoms with Crippen LogP contribution in [0.5, 0.6) is 0 Å². The van der Waals surface area contributed by atoms with E-state index in [0.29, 0.717) is 36.8 Å². The number of anilines is 1.